The summed E-state index contributed by atoms with van der Waals surface area (Å²) in [6.45, 7) is 5.63. The lowest BCUT2D eigenvalue weighted by Crippen LogP contribution is -2.43. The molecule has 2 aromatic carbocycles. The summed E-state index contributed by atoms with van der Waals surface area (Å²) in [7, 11) is 3.74. The highest BCUT2D eigenvalue weighted by molar-refractivity contribution is 6.03. The van der Waals surface area contributed by atoms with Gasteiger partial charge in [-0.3, -0.25) is 9.59 Å². The van der Waals surface area contributed by atoms with Crippen molar-refractivity contribution in [1.29, 1.82) is 0 Å². The Hall–Kier alpha value is -4.45. The fraction of sp³-hybridized carbons (Fsp3) is 0.355. The second-order valence-electron chi connectivity index (χ2n) is 11.3. The molecule has 6 rings (SSSR count). The van der Waals surface area contributed by atoms with Crippen molar-refractivity contribution in [3.63, 3.8) is 0 Å². The minimum Gasteiger partial charge on any atom is -0.437 e. The van der Waals surface area contributed by atoms with Crippen LogP contribution in [0.4, 0.5) is 24.8 Å². The number of nitrogens with zero attached hydrogens (tertiary/aromatic N) is 4. The van der Waals surface area contributed by atoms with Crippen LogP contribution in [-0.2, 0) is 11.7 Å². The van der Waals surface area contributed by atoms with E-state index in [0.717, 1.165) is 44.3 Å². The molecule has 0 atom stereocenters. The van der Waals surface area contributed by atoms with E-state index in [2.05, 4.69) is 32.1 Å². The Morgan fingerprint density at radius 3 is 2.58 bits per heavy atom. The molecule has 9 nitrogen and oxygen atoms in total. The molecule has 2 fully saturated rings. The number of carbonyl (C=O) groups excluding carboxylic acids is 2. The zero-order valence-electron chi connectivity index (χ0n) is 23.8. The standard InChI is InChI=1S/C31H31F3N6O3/c1-4-18-16-19(26(41)36-20-10-14-39(2)15-11-20)8-9-23(18)37-29-35-17-22(31(32,33)34)27(38-29)43-24-7-5-6-21-25(24)28(42)40(3)30(21)12-13-30/h4-9,16-17,20H,1,10-15H2,2-3H3,(H,36,41)(H,35,37,38). The van der Waals surface area contributed by atoms with Crippen LogP contribution in [0.2, 0.25) is 0 Å². The Morgan fingerprint density at radius 2 is 1.91 bits per heavy atom. The first-order chi connectivity index (χ1) is 20.5. The Kier molecular flexibility index (Phi) is 7.11. The molecule has 0 bridgehead atoms. The Bertz CT molecular complexity index is 1610. The maximum Gasteiger partial charge on any atom is 0.423 e. The molecule has 3 aromatic rings. The zero-order chi connectivity index (χ0) is 30.5. The number of benzene rings is 2. The maximum absolute atomic E-state index is 14.0. The number of halogens is 3. The predicted molar refractivity (Wildman–Crippen MR) is 154 cm³/mol. The molecule has 12 heteroatoms. The normalized spacial score (nSPS) is 18.0. The molecule has 3 heterocycles. The van der Waals surface area contributed by atoms with Gasteiger partial charge in [0.05, 0.1) is 11.1 Å². The largest absolute Gasteiger partial charge is 0.437 e. The summed E-state index contributed by atoms with van der Waals surface area (Å²) in [6, 6.07) is 9.90. The average Bonchev–Trinajstić information content (AvgIpc) is 3.76. The number of hydrogen-bond acceptors (Lipinski definition) is 7. The van der Waals surface area contributed by atoms with E-state index in [1.54, 1.807) is 36.2 Å². The van der Waals surface area contributed by atoms with Crippen molar-refractivity contribution in [2.75, 3.05) is 32.5 Å². The molecular weight excluding hydrogens is 561 g/mol. The van der Waals surface area contributed by atoms with Crippen molar-refractivity contribution in [1.82, 2.24) is 25.1 Å². The number of piperidine rings is 1. The second-order valence-corrected chi connectivity index (χ2v) is 11.3. The third-order valence-corrected chi connectivity index (χ3v) is 8.51. The van der Waals surface area contributed by atoms with Crippen LogP contribution in [0.25, 0.3) is 6.08 Å². The number of alkyl halides is 3. The number of amides is 2. The van der Waals surface area contributed by atoms with Gasteiger partial charge in [-0.05, 0) is 81.2 Å². The van der Waals surface area contributed by atoms with Crippen molar-refractivity contribution in [3.05, 3.63) is 77.0 Å². The van der Waals surface area contributed by atoms with E-state index >= 15 is 0 Å². The van der Waals surface area contributed by atoms with Gasteiger partial charge < -0.3 is 25.2 Å². The number of likely N-dealkylation sites (tertiary alicyclic amines) is 1. The molecule has 1 saturated carbocycles. The monoisotopic (exact) mass is 592 g/mol. The molecule has 2 aliphatic heterocycles. The molecule has 3 aliphatic rings. The van der Waals surface area contributed by atoms with Crippen LogP contribution in [-0.4, -0.2) is 64.8 Å². The van der Waals surface area contributed by atoms with E-state index in [4.69, 9.17) is 4.74 Å². The van der Waals surface area contributed by atoms with E-state index in [-0.39, 0.29) is 35.1 Å². The number of fused-ring (bicyclic) bond motifs is 2. The lowest BCUT2D eigenvalue weighted by atomic mass is 10.0. The number of carbonyl (C=O) groups is 2. The zero-order valence-corrected chi connectivity index (χ0v) is 23.8. The minimum atomic E-state index is -4.81. The van der Waals surface area contributed by atoms with E-state index in [9.17, 15) is 22.8 Å². The summed E-state index contributed by atoms with van der Waals surface area (Å²) in [6.07, 6.45) is 0.656. The van der Waals surface area contributed by atoms with E-state index in [1.807, 2.05) is 13.1 Å². The number of hydrogen-bond donors (Lipinski definition) is 2. The second kappa shape index (κ2) is 10.7. The van der Waals surface area contributed by atoms with Crippen LogP contribution in [0.1, 0.15) is 63.1 Å². The van der Waals surface area contributed by atoms with E-state index in [1.165, 1.54) is 12.1 Å². The summed E-state index contributed by atoms with van der Waals surface area (Å²) in [4.78, 5) is 37.7. The maximum atomic E-state index is 14.0. The fourth-order valence-electron chi connectivity index (χ4n) is 5.82. The van der Waals surface area contributed by atoms with Gasteiger partial charge in [0.15, 0.2) is 0 Å². The van der Waals surface area contributed by atoms with Gasteiger partial charge in [-0.15, -0.1) is 0 Å². The van der Waals surface area contributed by atoms with Gasteiger partial charge in [0.2, 0.25) is 11.8 Å². The third kappa shape index (κ3) is 5.31. The molecule has 224 valence electrons. The quantitative estimate of drug-likeness (QED) is 0.370. The van der Waals surface area contributed by atoms with Gasteiger partial charge in [0, 0.05) is 30.5 Å². The minimum absolute atomic E-state index is 0.0000293. The lowest BCUT2D eigenvalue weighted by molar-refractivity contribution is -0.139. The Labute approximate surface area is 246 Å². The van der Waals surface area contributed by atoms with Gasteiger partial charge in [0.25, 0.3) is 11.8 Å². The van der Waals surface area contributed by atoms with Gasteiger partial charge in [-0.25, -0.2) is 4.98 Å². The average molecular weight is 593 g/mol. The summed E-state index contributed by atoms with van der Waals surface area (Å²) in [5, 5.41) is 5.98. The Morgan fingerprint density at radius 1 is 1.16 bits per heavy atom. The molecule has 1 aromatic heterocycles. The third-order valence-electron chi connectivity index (χ3n) is 8.51. The SMILES string of the molecule is C=Cc1cc(C(=O)NC2CCN(C)CC2)ccc1Nc1ncc(C(F)(F)F)c(Oc2cccc3c2C(=O)N(C)C32CC2)n1. The first-order valence-electron chi connectivity index (χ1n) is 14.1. The van der Waals surface area contributed by atoms with Gasteiger partial charge in [-0.1, -0.05) is 24.8 Å². The molecule has 2 N–H and O–H groups in total. The van der Waals surface area contributed by atoms with Crippen LogP contribution >= 0.6 is 0 Å². The topological polar surface area (TPSA) is 99.7 Å². The number of rotatable bonds is 7. The van der Waals surface area contributed by atoms with Crippen LogP contribution in [0.3, 0.4) is 0 Å². The summed E-state index contributed by atoms with van der Waals surface area (Å²) >= 11 is 0. The van der Waals surface area contributed by atoms with Gasteiger partial charge in [0.1, 0.15) is 11.3 Å². The van der Waals surface area contributed by atoms with Crippen molar-refractivity contribution in [2.24, 2.45) is 0 Å². The summed E-state index contributed by atoms with van der Waals surface area (Å²) in [5.74, 6) is -1.42. The molecule has 43 heavy (non-hydrogen) atoms. The predicted octanol–water partition coefficient (Wildman–Crippen LogP) is 5.57. The molecule has 0 unspecified atom stereocenters. The molecule has 2 amide bonds. The van der Waals surface area contributed by atoms with Crippen LogP contribution in [0.5, 0.6) is 11.6 Å². The molecular formula is C31H31F3N6O3. The van der Waals surface area contributed by atoms with Crippen LogP contribution < -0.4 is 15.4 Å². The van der Waals surface area contributed by atoms with E-state index < -0.39 is 23.2 Å². The van der Waals surface area contributed by atoms with Gasteiger partial charge in [-0.2, -0.15) is 18.2 Å². The first kappa shape index (κ1) is 28.7. The fourth-order valence-corrected chi connectivity index (χ4v) is 5.82. The molecule has 1 saturated heterocycles. The van der Waals surface area contributed by atoms with Crippen LogP contribution in [0, 0.1) is 0 Å². The molecule has 1 aliphatic carbocycles. The number of anilines is 2. The highest BCUT2D eigenvalue weighted by Gasteiger charge is 2.57. The number of ether oxygens (including phenoxy) is 1. The first-order valence-corrected chi connectivity index (χ1v) is 14.1. The molecule has 1 spiro atoms. The summed E-state index contributed by atoms with van der Waals surface area (Å²) < 4.78 is 47.7. The van der Waals surface area contributed by atoms with Gasteiger partial charge >= 0.3 is 6.18 Å². The van der Waals surface area contributed by atoms with Crippen molar-refractivity contribution in [3.8, 4) is 11.6 Å². The lowest BCUT2D eigenvalue weighted by Gasteiger charge is -2.29. The highest BCUT2D eigenvalue weighted by atomic mass is 19.4. The van der Waals surface area contributed by atoms with Crippen molar-refractivity contribution >= 4 is 29.5 Å². The van der Waals surface area contributed by atoms with Crippen molar-refractivity contribution < 1.29 is 27.5 Å². The molecule has 0 radical (unpaired) electrons. The Balaban J connectivity index is 1.26. The van der Waals surface area contributed by atoms with E-state index in [0.29, 0.717) is 23.0 Å². The smallest absolute Gasteiger partial charge is 0.423 e. The van der Waals surface area contributed by atoms with Crippen LogP contribution in [0.15, 0.2) is 49.2 Å². The number of aromatic nitrogens is 2. The number of nitrogens with one attached hydrogen (secondary N) is 2. The summed E-state index contributed by atoms with van der Waals surface area (Å²) in [5.41, 5.74) is 0.781. The highest BCUT2D eigenvalue weighted by Crippen LogP contribution is 2.57. The van der Waals surface area contributed by atoms with Crippen molar-refractivity contribution in [2.45, 2.75) is 43.4 Å².